The Kier molecular flexibility index (Phi) is 7.23. The van der Waals surface area contributed by atoms with Crippen molar-refractivity contribution in [1.82, 2.24) is 0 Å². The lowest BCUT2D eigenvalue weighted by Crippen LogP contribution is -2.23. The van der Waals surface area contributed by atoms with Crippen LogP contribution in [0.5, 0.6) is 11.5 Å². The maximum absolute atomic E-state index is 13.7. The minimum absolute atomic E-state index is 0. The zero-order chi connectivity index (χ0) is 18.7. The van der Waals surface area contributed by atoms with Gasteiger partial charge in [-0.25, -0.2) is 13.8 Å². The van der Waals surface area contributed by atoms with Crippen LogP contribution in [-0.2, 0) is 13.0 Å². The molecule has 0 saturated heterocycles. The van der Waals surface area contributed by atoms with Crippen molar-refractivity contribution in [3.63, 3.8) is 0 Å². The van der Waals surface area contributed by atoms with Gasteiger partial charge in [0.1, 0.15) is 29.2 Å². The number of ether oxygens (including phenoxy) is 2. The van der Waals surface area contributed by atoms with Crippen LogP contribution in [0.4, 0.5) is 14.5 Å². The van der Waals surface area contributed by atoms with E-state index in [-0.39, 0.29) is 48.3 Å². The highest BCUT2D eigenvalue weighted by Gasteiger charge is 2.21. The van der Waals surface area contributed by atoms with E-state index in [9.17, 15) is 8.78 Å². The van der Waals surface area contributed by atoms with Crippen LogP contribution in [-0.4, -0.2) is 18.7 Å². The Bertz CT molecular complexity index is 846. The number of benzene rings is 2. The van der Waals surface area contributed by atoms with E-state index in [1.165, 1.54) is 0 Å². The maximum Gasteiger partial charge on any atom is 0.193 e. The molecule has 5 nitrogen and oxygen atoms in total. The standard InChI is InChI=1S/C19H21F2N3O2.HI/c1-3-25-17-7-12-6-11(2)26-18(12)8-13(17)10-23-19(22)24-16-9-14(20)4-5-15(16)21;/h4-5,7-9,11H,3,6,10H2,1-2H3,(H3,22,23,24);1H. The quantitative estimate of drug-likeness (QED) is 0.375. The number of fused-ring (bicyclic) bond motifs is 1. The van der Waals surface area contributed by atoms with E-state index in [4.69, 9.17) is 15.2 Å². The molecule has 0 radical (unpaired) electrons. The van der Waals surface area contributed by atoms with Gasteiger partial charge < -0.3 is 20.5 Å². The fraction of sp³-hybridized carbons (Fsp3) is 0.316. The molecule has 27 heavy (non-hydrogen) atoms. The highest BCUT2D eigenvalue weighted by atomic mass is 127. The molecular formula is C19H22F2IN3O2. The maximum atomic E-state index is 13.7. The Morgan fingerprint density at radius 2 is 2.11 bits per heavy atom. The third-order valence-corrected chi connectivity index (χ3v) is 3.99. The van der Waals surface area contributed by atoms with Crippen LogP contribution < -0.4 is 20.5 Å². The molecule has 2 aromatic rings. The molecule has 1 atom stereocenters. The van der Waals surface area contributed by atoms with E-state index in [0.717, 1.165) is 47.2 Å². The van der Waals surface area contributed by atoms with Gasteiger partial charge in [-0.1, -0.05) is 0 Å². The monoisotopic (exact) mass is 489 g/mol. The smallest absolute Gasteiger partial charge is 0.193 e. The summed E-state index contributed by atoms with van der Waals surface area (Å²) in [7, 11) is 0. The van der Waals surface area contributed by atoms with E-state index >= 15 is 0 Å². The molecule has 146 valence electrons. The lowest BCUT2D eigenvalue weighted by atomic mass is 10.1. The lowest BCUT2D eigenvalue weighted by molar-refractivity contribution is 0.254. The van der Waals surface area contributed by atoms with Crippen LogP contribution in [0.15, 0.2) is 35.3 Å². The normalized spacial score (nSPS) is 15.6. The SMILES string of the molecule is CCOc1cc2c(cc1CN=C(N)Nc1cc(F)ccc1F)OC(C)C2.I. The van der Waals surface area contributed by atoms with Crippen molar-refractivity contribution in [3.8, 4) is 11.5 Å². The minimum Gasteiger partial charge on any atom is -0.494 e. The minimum atomic E-state index is -0.612. The van der Waals surface area contributed by atoms with Gasteiger partial charge in [-0.3, -0.25) is 0 Å². The summed E-state index contributed by atoms with van der Waals surface area (Å²) in [5.41, 5.74) is 7.65. The summed E-state index contributed by atoms with van der Waals surface area (Å²) in [5, 5.41) is 2.57. The van der Waals surface area contributed by atoms with Gasteiger partial charge in [0, 0.05) is 23.6 Å². The molecule has 0 aliphatic carbocycles. The van der Waals surface area contributed by atoms with Gasteiger partial charge >= 0.3 is 0 Å². The van der Waals surface area contributed by atoms with Crippen molar-refractivity contribution < 1.29 is 18.3 Å². The lowest BCUT2D eigenvalue weighted by Gasteiger charge is -2.12. The Balaban J connectivity index is 0.00000261. The molecular weight excluding hydrogens is 467 g/mol. The van der Waals surface area contributed by atoms with Gasteiger partial charge in [-0.15, -0.1) is 24.0 Å². The van der Waals surface area contributed by atoms with Gasteiger partial charge in [0.05, 0.1) is 18.8 Å². The summed E-state index contributed by atoms with van der Waals surface area (Å²) in [4.78, 5) is 4.21. The summed E-state index contributed by atoms with van der Waals surface area (Å²) < 4.78 is 38.4. The number of hydrogen-bond donors (Lipinski definition) is 2. The van der Waals surface area contributed by atoms with Crippen LogP contribution >= 0.6 is 24.0 Å². The second kappa shape index (κ2) is 9.20. The molecule has 2 aromatic carbocycles. The van der Waals surface area contributed by atoms with Gasteiger partial charge in [0.2, 0.25) is 0 Å². The van der Waals surface area contributed by atoms with Crippen molar-refractivity contribution in [2.45, 2.75) is 32.9 Å². The Morgan fingerprint density at radius 3 is 2.85 bits per heavy atom. The molecule has 0 aromatic heterocycles. The first-order valence-corrected chi connectivity index (χ1v) is 8.43. The number of guanidine groups is 1. The number of halogens is 3. The fourth-order valence-electron chi connectivity index (χ4n) is 2.84. The number of hydrogen-bond acceptors (Lipinski definition) is 3. The summed E-state index contributed by atoms with van der Waals surface area (Å²) >= 11 is 0. The first kappa shape index (κ1) is 21.2. The summed E-state index contributed by atoms with van der Waals surface area (Å²) in [5.74, 6) is 0.336. The first-order chi connectivity index (χ1) is 12.5. The number of rotatable bonds is 5. The number of nitrogens with one attached hydrogen (secondary N) is 1. The average molecular weight is 489 g/mol. The topological polar surface area (TPSA) is 68.9 Å². The largest absolute Gasteiger partial charge is 0.494 e. The first-order valence-electron chi connectivity index (χ1n) is 8.43. The molecule has 1 unspecified atom stereocenters. The van der Waals surface area contributed by atoms with Crippen LogP contribution in [0.25, 0.3) is 0 Å². The molecule has 3 rings (SSSR count). The third kappa shape index (κ3) is 5.21. The number of nitrogens with two attached hydrogens (primary N) is 1. The number of anilines is 1. The van der Waals surface area contributed by atoms with E-state index in [0.29, 0.717) is 6.61 Å². The number of aliphatic imine (C=N–C) groups is 1. The zero-order valence-corrected chi connectivity index (χ0v) is 17.4. The molecule has 0 saturated carbocycles. The van der Waals surface area contributed by atoms with Gasteiger partial charge in [-0.05, 0) is 38.1 Å². The van der Waals surface area contributed by atoms with E-state index in [1.54, 1.807) is 0 Å². The van der Waals surface area contributed by atoms with E-state index in [1.807, 2.05) is 26.0 Å². The Morgan fingerprint density at radius 1 is 1.33 bits per heavy atom. The van der Waals surface area contributed by atoms with Crippen LogP contribution in [0.1, 0.15) is 25.0 Å². The molecule has 1 aliphatic rings. The highest BCUT2D eigenvalue weighted by Crippen LogP contribution is 2.35. The predicted octanol–water partition coefficient (Wildman–Crippen LogP) is 4.23. The van der Waals surface area contributed by atoms with Crippen LogP contribution in [0, 0.1) is 11.6 Å². The Hall–Kier alpha value is -2.10. The zero-order valence-electron chi connectivity index (χ0n) is 15.1. The highest BCUT2D eigenvalue weighted by molar-refractivity contribution is 14.0. The molecule has 0 bridgehead atoms. The number of nitrogens with zero attached hydrogens (tertiary/aromatic N) is 1. The van der Waals surface area contributed by atoms with Gasteiger partial charge in [0.25, 0.3) is 0 Å². The summed E-state index contributed by atoms with van der Waals surface area (Å²) in [6.45, 7) is 4.65. The second-order valence-electron chi connectivity index (χ2n) is 6.08. The van der Waals surface area contributed by atoms with E-state index in [2.05, 4.69) is 10.3 Å². The molecule has 3 N–H and O–H groups in total. The second-order valence-corrected chi connectivity index (χ2v) is 6.08. The average Bonchev–Trinajstić information content (AvgIpc) is 2.95. The molecule has 0 fully saturated rings. The molecule has 0 spiro atoms. The molecule has 1 aliphatic heterocycles. The van der Waals surface area contributed by atoms with Crippen molar-refractivity contribution in [1.29, 1.82) is 0 Å². The summed E-state index contributed by atoms with van der Waals surface area (Å²) in [6.07, 6.45) is 0.961. The van der Waals surface area contributed by atoms with Gasteiger partial charge in [0.15, 0.2) is 5.96 Å². The van der Waals surface area contributed by atoms with Crippen LogP contribution in [0.3, 0.4) is 0 Å². The van der Waals surface area contributed by atoms with Crippen molar-refractivity contribution in [2.24, 2.45) is 10.7 Å². The van der Waals surface area contributed by atoms with Crippen molar-refractivity contribution in [3.05, 3.63) is 53.1 Å². The third-order valence-electron chi connectivity index (χ3n) is 3.99. The van der Waals surface area contributed by atoms with Crippen LogP contribution in [0.2, 0.25) is 0 Å². The fourth-order valence-corrected chi connectivity index (χ4v) is 2.84. The molecule has 8 heteroatoms. The molecule has 1 heterocycles. The van der Waals surface area contributed by atoms with Crippen molar-refractivity contribution >= 4 is 35.6 Å². The van der Waals surface area contributed by atoms with Crippen molar-refractivity contribution in [2.75, 3.05) is 11.9 Å². The predicted molar refractivity (Wildman–Crippen MR) is 112 cm³/mol. The summed E-state index contributed by atoms with van der Waals surface area (Å²) in [6, 6.07) is 6.94. The van der Waals surface area contributed by atoms with E-state index < -0.39 is 11.6 Å². The van der Waals surface area contributed by atoms with Gasteiger partial charge in [-0.2, -0.15) is 0 Å². The molecule has 0 amide bonds. The Labute approximate surface area is 174 Å².